The highest BCUT2D eigenvalue weighted by Gasteiger charge is 2.10. The van der Waals surface area contributed by atoms with Gasteiger partial charge in [0.15, 0.2) is 0 Å². The lowest BCUT2D eigenvalue weighted by Crippen LogP contribution is -2.15. The number of rotatable bonds is 8. The van der Waals surface area contributed by atoms with Crippen molar-refractivity contribution in [2.75, 3.05) is 19.8 Å². The van der Waals surface area contributed by atoms with E-state index in [4.69, 9.17) is 4.74 Å². The molecule has 0 aromatic carbocycles. The molecule has 0 rings (SSSR count). The van der Waals surface area contributed by atoms with Crippen molar-refractivity contribution in [1.82, 2.24) is 0 Å². The Morgan fingerprint density at radius 2 is 1.67 bits per heavy atom. The molecule has 0 amide bonds. The fourth-order valence-electron chi connectivity index (χ4n) is 1.31. The van der Waals surface area contributed by atoms with Gasteiger partial charge in [0, 0.05) is 5.57 Å². The molecule has 0 unspecified atom stereocenters. The second kappa shape index (κ2) is 10.6. The van der Waals surface area contributed by atoms with Gasteiger partial charge < -0.3 is 14.2 Å². The number of hydrogen-bond donors (Lipinski definition) is 0. The zero-order valence-electron chi connectivity index (χ0n) is 11.4. The Morgan fingerprint density at radius 1 is 1.00 bits per heavy atom. The SMILES string of the molecule is CCC=C(CCC)C(=O)OCCOC(=O)OCC. The zero-order valence-corrected chi connectivity index (χ0v) is 11.4. The predicted octanol–water partition coefficient (Wildman–Crippen LogP) is 2.84. The highest BCUT2D eigenvalue weighted by atomic mass is 16.7. The minimum absolute atomic E-state index is 0.0100. The second-order valence-corrected chi connectivity index (χ2v) is 3.56. The fraction of sp³-hybridized carbons (Fsp3) is 0.692. The molecule has 0 aromatic heterocycles. The van der Waals surface area contributed by atoms with Gasteiger partial charge in [-0.15, -0.1) is 0 Å². The van der Waals surface area contributed by atoms with Gasteiger partial charge in [0.2, 0.25) is 0 Å². The average molecular weight is 258 g/mol. The van der Waals surface area contributed by atoms with Crippen LogP contribution in [0.1, 0.15) is 40.0 Å². The summed E-state index contributed by atoms with van der Waals surface area (Å²) in [6, 6.07) is 0. The highest BCUT2D eigenvalue weighted by Crippen LogP contribution is 2.08. The molecule has 0 heterocycles. The summed E-state index contributed by atoms with van der Waals surface area (Å²) < 4.78 is 14.2. The lowest BCUT2D eigenvalue weighted by atomic mass is 10.1. The van der Waals surface area contributed by atoms with Gasteiger partial charge in [-0.1, -0.05) is 26.3 Å². The summed E-state index contributed by atoms with van der Waals surface area (Å²) in [6.07, 6.45) is 3.50. The number of ether oxygens (including phenoxy) is 3. The maximum absolute atomic E-state index is 11.6. The van der Waals surface area contributed by atoms with Crippen molar-refractivity contribution in [1.29, 1.82) is 0 Å². The molecule has 5 heteroatoms. The molecule has 0 aliphatic carbocycles. The van der Waals surface area contributed by atoms with Gasteiger partial charge in [-0.25, -0.2) is 9.59 Å². The molecule has 18 heavy (non-hydrogen) atoms. The Kier molecular flexibility index (Phi) is 9.73. The predicted molar refractivity (Wildman–Crippen MR) is 67.2 cm³/mol. The molecule has 0 aliphatic heterocycles. The maximum atomic E-state index is 11.6. The number of carbonyl (C=O) groups excluding carboxylic acids is 2. The van der Waals surface area contributed by atoms with E-state index in [1.807, 2.05) is 19.9 Å². The quantitative estimate of drug-likeness (QED) is 0.380. The van der Waals surface area contributed by atoms with Crippen LogP contribution < -0.4 is 0 Å². The third kappa shape index (κ3) is 7.70. The van der Waals surface area contributed by atoms with Crippen LogP contribution in [0, 0.1) is 0 Å². The summed E-state index contributed by atoms with van der Waals surface area (Å²) in [4.78, 5) is 22.5. The van der Waals surface area contributed by atoms with Crippen molar-refractivity contribution in [3.8, 4) is 0 Å². The molecule has 0 aromatic rings. The monoisotopic (exact) mass is 258 g/mol. The topological polar surface area (TPSA) is 61.8 Å². The minimum atomic E-state index is -0.744. The van der Waals surface area contributed by atoms with E-state index in [1.165, 1.54) is 0 Å². The summed E-state index contributed by atoms with van der Waals surface area (Å²) in [5, 5.41) is 0. The van der Waals surface area contributed by atoms with Crippen molar-refractivity contribution in [2.45, 2.75) is 40.0 Å². The molecular weight excluding hydrogens is 236 g/mol. The summed E-state index contributed by atoms with van der Waals surface area (Å²) in [5.41, 5.74) is 0.677. The van der Waals surface area contributed by atoms with Crippen LogP contribution in [0.15, 0.2) is 11.6 Å². The number of hydrogen-bond acceptors (Lipinski definition) is 5. The van der Waals surface area contributed by atoms with E-state index < -0.39 is 6.16 Å². The molecule has 0 saturated carbocycles. The molecule has 0 saturated heterocycles. The minimum Gasteiger partial charge on any atom is -0.459 e. The molecule has 104 valence electrons. The van der Waals surface area contributed by atoms with Crippen molar-refractivity contribution in [3.63, 3.8) is 0 Å². The molecule has 0 bridgehead atoms. The van der Waals surface area contributed by atoms with Crippen LogP contribution in [0.5, 0.6) is 0 Å². The van der Waals surface area contributed by atoms with Gasteiger partial charge in [-0.3, -0.25) is 0 Å². The molecule has 0 radical (unpaired) electrons. The van der Waals surface area contributed by atoms with E-state index in [1.54, 1.807) is 6.92 Å². The van der Waals surface area contributed by atoms with Crippen LogP contribution in [-0.4, -0.2) is 31.9 Å². The first kappa shape index (κ1) is 16.5. The van der Waals surface area contributed by atoms with Gasteiger partial charge >= 0.3 is 12.1 Å². The Balaban J connectivity index is 3.87. The molecule has 0 spiro atoms. The summed E-state index contributed by atoms with van der Waals surface area (Å²) >= 11 is 0. The Morgan fingerprint density at radius 3 is 2.22 bits per heavy atom. The van der Waals surface area contributed by atoms with Crippen LogP contribution in [0.3, 0.4) is 0 Å². The van der Waals surface area contributed by atoms with Gasteiger partial charge in [-0.2, -0.15) is 0 Å². The standard InChI is InChI=1S/C13H22O5/c1-4-7-11(8-5-2)12(14)17-9-10-18-13(15)16-6-3/h7H,4-6,8-10H2,1-3H3. The first-order valence-electron chi connectivity index (χ1n) is 6.31. The van der Waals surface area contributed by atoms with E-state index >= 15 is 0 Å². The number of allylic oxidation sites excluding steroid dienone is 1. The smallest absolute Gasteiger partial charge is 0.459 e. The zero-order chi connectivity index (χ0) is 13.8. The van der Waals surface area contributed by atoms with E-state index in [0.29, 0.717) is 12.0 Å². The maximum Gasteiger partial charge on any atom is 0.508 e. The molecule has 0 fully saturated rings. The van der Waals surface area contributed by atoms with E-state index in [2.05, 4.69) is 9.47 Å². The normalized spacial score (nSPS) is 10.9. The lowest BCUT2D eigenvalue weighted by molar-refractivity contribution is -0.140. The van der Waals surface area contributed by atoms with E-state index in [9.17, 15) is 9.59 Å². The Bertz CT molecular complexity index is 283. The third-order valence-electron chi connectivity index (χ3n) is 2.03. The largest absolute Gasteiger partial charge is 0.508 e. The molecule has 0 atom stereocenters. The number of esters is 1. The number of carbonyl (C=O) groups is 2. The van der Waals surface area contributed by atoms with E-state index in [-0.39, 0.29) is 25.8 Å². The van der Waals surface area contributed by atoms with Crippen LogP contribution in [0.25, 0.3) is 0 Å². The van der Waals surface area contributed by atoms with Gasteiger partial charge in [-0.05, 0) is 19.8 Å². The average Bonchev–Trinajstić information content (AvgIpc) is 2.34. The summed E-state index contributed by atoms with van der Waals surface area (Å²) in [7, 11) is 0. The Labute approximate surface area is 108 Å². The molecule has 0 aliphatic rings. The van der Waals surface area contributed by atoms with Crippen LogP contribution in [0.4, 0.5) is 4.79 Å². The summed E-state index contributed by atoms with van der Waals surface area (Å²) in [6.45, 7) is 5.97. The first-order chi connectivity index (χ1) is 8.65. The van der Waals surface area contributed by atoms with Gasteiger partial charge in [0.25, 0.3) is 0 Å². The Hall–Kier alpha value is -1.52. The molecule has 0 N–H and O–H groups in total. The van der Waals surface area contributed by atoms with Crippen molar-refractivity contribution in [2.24, 2.45) is 0 Å². The van der Waals surface area contributed by atoms with Gasteiger partial charge in [0.05, 0.1) is 6.61 Å². The lowest BCUT2D eigenvalue weighted by Gasteiger charge is -2.08. The molecular formula is C13H22O5. The van der Waals surface area contributed by atoms with Gasteiger partial charge in [0.1, 0.15) is 13.2 Å². The van der Waals surface area contributed by atoms with E-state index in [0.717, 1.165) is 12.8 Å². The summed E-state index contributed by atoms with van der Waals surface area (Å²) in [5.74, 6) is -0.342. The van der Waals surface area contributed by atoms with Crippen molar-refractivity contribution >= 4 is 12.1 Å². The highest BCUT2D eigenvalue weighted by molar-refractivity contribution is 5.88. The first-order valence-corrected chi connectivity index (χ1v) is 6.31. The third-order valence-corrected chi connectivity index (χ3v) is 2.03. The van der Waals surface area contributed by atoms with Crippen LogP contribution >= 0.6 is 0 Å². The molecule has 5 nitrogen and oxygen atoms in total. The van der Waals surface area contributed by atoms with Crippen LogP contribution in [-0.2, 0) is 19.0 Å². The van der Waals surface area contributed by atoms with Crippen molar-refractivity contribution < 1.29 is 23.8 Å². The van der Waals surface area contributed by atoms with Crippen LogP contribution in [0.2, 0.25) is 0 Å². The second-order valence-electron chi connectivity index (χ2n) is 3.56. The van der Waals surface area contributed by atoms with Crippen molar-refractivity contribution in [3.05, 3.63) is 11.6 Å². The fourth-order valence-corrected chi connectivity index (χ4v) is 1.31.